The van der Waals surface area contributed by atoms with Crippen LogP contribution in [0.1, 0.15) is 11.1 Å². The second-order valence-corrected chi connectivity index (χ2v) is 4.27. The molecule has 0 saturated carbocycles. The fraction of sp³-hybridized carbons (Fsp3) is 0.273. The molecule has 1 heterocycles. The maximum atomic E-state index is 12.7. The van der Waals surface area contributed by atoms with Gasteiger partial charge in [0.2, 0.25) is 5.90 Å². The van der Waals surface area contributed by atoms with Gasteiger partial charge in [0.15, 0.2) is 0 Å². The molecule has 0 aromatic heterocycles. The standard InChI is InChI=1S/C11H8ClF3N2O2/c1-17-5-16-9(19-10(17)18)6-2-3-8(12)7(4-6)11(13,14)15/h2-4H,5H2,1H3. The first kappa shape index (κ1) is 13.7. The van der Waals surface area contributed by atoms with Crippen molar-refractivity contribution in [3.05, 3.63) is 34.3 Å². The Hall–Kier alpha value is -1.76. The SMILES string of the molecule is CN1CN=C(c2ccc(Cl)c(C(F)(F)F)c2)OC1=O. The van der Waals surface area contributed by atoms with Crippen LogP contribution in [-0.4, -0.2) is 30.6 Å². The van der Waals surface area contributed by atoms with E-state index in [0.717, 1.165) is 12.1 Å². The fourth-order valence-corrected chi connectivity index (χ4v) is 1.67. The number of halogens is 4. The van der Waals surface area contributed by atoms with Gasteiger partial charge in [-0.15, -0.1) is 0 Å². The van der Waals surface area contributed by atoms with E-state index in [9.17, 15) is 18.0 Å². The quantitative estimate of drug-likeness (QED) is 0.798. The molecular formula is C11H8ClF3N2O2. The highest BCUT2D eigenvalue weighted by Crippen LogP contribution is 2.35. The van der Waals surface area contributed by atoms with Crippen molar-refractivity contribution >= 4 is 23.6 Å². The van der Waals surface area contributed by atoms with E-state index >= 15 is 0 Å². The Balaban J connectivity index is 2.40. The van der Waals surface area contributed by atoms with Crippen LogP contribution in [0, 0.1) is 0 Å². The summed E-state index contributed by atoms with van der Waals surface area (Å²) in [5.74, 6) is -0.148. The van der Waals surface area contributed by atoms with Crippen molar-refractivity contribution in [2.45, 2.75) is 6.18 Å². The minimum absolute atomic E-state index is 0.0259. The number of hydrogen-bond acceptors (Lipinski definition) is 3. The van der Waals surface area contributed by atoms with Crippen molar-refractivity contribution < 1.29 is 22.7 Å². The molecule has 1 aliphatic heterocycles. The van der Waals surface area contributed by atoms with Gasteiger partial charge in [-0.2, -0.15) is 13.2 Å². The summed E-state index contributed by atoms with van der Waals surface area (Å²) in [6.45, 7) is 0.0259. The number of ether oxygens (including phenoxy) is 1. The summed E-state index contributed by atoms with van der Waals surface area (Å²) in [7, 11) is 1.46. The van der Waals surface area contributed by atoms with Crippen LogP contribution in [0.3, 0.4) is 0 Å². The highest BCUT2D eigenvalue weighted by atomic mass is 35.5. The van der Waals surface area contributed by atoms with E-state index in [4.69, 9.17) is 16.3 Å². The third-order valence-corrected chi connectivity index (χ3v) is 2.77. The number of hydrogen-bond donors (Lipinski definition) is 0. The highest BCUT2D eigenvalue weighted by molar-refractivity contribution is 6.31. The molecule has 0 saturated heterocycles. The van der Waals surface area contributed by atoms with Gasteiger partial charge in [-0.1, -0.05) is 11.6 Å². The zero-order chi connectivity index (χ0) is 14.2. The van der Waals surface area contributed by atoms with Gasteiger partial charge in [-0.25, -0.2) is 9.79 Å². The predicted molar refractivity (Wildman–Crippen MR) is 62.1 cm³/mol. The van der Waals surface area contributed by atoms with E-state index in [1.165, 1.54) is 18.0 Å². The second kappa shape index (κ2) is 4.73. The lowest BCUT2D eigenvalue weighted by Gasteiger charge is -2.21. The highest BCUT2D eigenvalue weighted by Gasteiger charge is 2.34. The number of alkyl halides is 3. The average Bonchev–Trinajstić information content (AvgIpc) is 2.32. The molecule has 1 aromatic carbocycles. The molecule has 1 amide bonds. The van der Waals surface area contributed by atoms with E-state index in [1.54, 1.807) is 0 Å². The normalized spacial score (nSPS) is 16.2. The number of benzene rings is 1. The summed E-state index contributed by atoms with van der Waals surface area (Å²) in [4.78, 5) is 16.4. The first-order valence-electron chi connectivity index (χ1n) is 5.13. The third kappa shape index (κ3) is 2.81. The molecule has 2 rings (SSSR count). The molecule has 19 heavy (non-hydrogen) atoms. The minimum atomic E-state index is -4.58. The van der Waals surface area contributed by atoms with Crippen molar-refractivity contribution in [1.82, 2.24) is 4.90 Å². The van der Waals surface area contributed by atoms with Gasteiger partial charge in [0, 0.05) is 12.6 Å². The van der Waals surface area contributed by atoms with Gasteiger partial charge < -0.3 is 4.74 Å². The smallest absolute Gasteiger partial charge is 0.391 e. The molecule has 8 heteroatoms. The summed E-state index contributed by atoms with van der Waals surface area (Å²) >= 11 is 5.50. The third-order valence-electron chi connectivity index (χ3n) is 2.44. The number of amides is 1. The molecule has 1 aliphatic rings. The zero-order valence-corrected chi connectivity index (χ0v) is 10.4. The Labute approximate surface area is 111 Å². The lowest BCUT2D eigenvalue weighted by atomic mass is 10.1. The van der Waals surface area contributed by atoms with Gasteiger partial charge >= 0.3 is 12.3 Å². The first-order valence-corrected chi connectivity index (χ1v) is 5.51. The summed E-state index contributed by atoms with van der Waals surface area (Å²) in [5.41, 5.74) is -0.942. The fourth-order valence-electron chi connectivity index (χ4n) is 1.45. The Morgan fingerprint density at radius 1 is 1.42 bits per heavy atom. The molecule has 1 aromatic rings. The number of carbonyl (C=O) groups is 1. The number of cyclic esters (lactones) is 1. The largest absolute Gasteiger partial charge is 0.417 e. The van der Waals surface area contributed by atoms with Gasteiger partial charge in [0.1, 0.15) is 6.67 Å². The Bertz CT molecular complexity index is 557. The van der Waals surface area contributed by atoms with Crippen LogP contribution in [0.15, 0.2) is 23.2 Å². The molecule has 0 spiro atoms. The number of nitrogens with zero attached hydrogens (tertiary/aromatic N) is 2. The minimum Gasteiger partial charge on any atom is -0.391 e. The zero-order valence-electron chi connectivity index (χ0n) is 9.66. The molecule has 0 aliphatic carbocycles. The van der Waals surface area contributed by atoms with Gasteiger partial charge in [-0.05, 0) is 18.2 Å². The number of aliphatic imine (C=N–C) groups is 1. The monoisotopic (exact) mass is 292 g/mol. The van der Waals surface area contributed by atoms with Crippen LogP contribution >= 0.6 is 11.6 Å². The molecule has 0 radical (unpaired) electrons. The van der Waals surface area contributed by atoms with Gasteiger partial charge in [-0.3, -0.25) is 4.90 Å². The maximum absolute atomic E-state index is 12.7. The Kier molecular flexibility index (Phi) is 3.40. The molecule has 4 nitrogen and oxygen atoms in total. The summed E-state index contributed by atoms with van der Waals surface area (Å²) < 4.78 is 42.9. The van der Waals surface area contributed by atoms with E-state index in [2.05, 4.69) is 4.99 Å². The van der Waals surface area contributed by atoms with E-state index in [-0.39, 0.29) is 18.1 Å². The van der Waals surface area contributed by atoms with Gasteiger partial charge in [0.05, 0.1) is 10.6 Å². The van der Waals surface area contributed by atoms with Crippen molar-refractivity contribution in [2.75, 3.05) is 13.7 Å². The van der Waals surface area contributed by atoms with E-state index in [1.807, 2.05) is 0 Å². The Morgan fingerprint density at radius 3 is 2.68 bits per heavy atom. The summed E-state index contributed by atoms with van der Waals surface area (Å²) in [6.07, 6.45) is -5.25. The molecule has 0 fully saturated rings. The van der Waals surface area contributed by atoms with Crippen LogP contribution in [0.2, 0.25) is 5.02 Å². The lowest BCUT2D eigenvalue weighted by Crippen LogP contribution is -2.35. The van der Waals surface area contributed by atoms with E-state index < -0.39 is 22.9 Å². The van der Waals surface area contributed by atoms with Gasteiger partial charge in [0.25, 0.3) is 0 Å². The molecule has 0 unspecified atom stereocenters. The average molecular weight is 293 g/mol. The molecule has 0 bridgehead atoms. The molecule has 0 atom stereocenters. The molecule has 102 valence electrons. The number of rotatable bonds is 1. The van der Waals surface area contributed by atoms with Crippen LogP contribution < -0.4 is 0 Å². The van der Waals surface area contributed by atoms with E-state index in [0.29, 0.717) is 0 Å². The van der Waals surface area contributed by atoms with Crippen LogP contribution in [0.25, 0.3) is 0 Å². The summed E-state index contributed by atoms with van der Waals surface area (Å²) in [5, 5.41) is -0.420. The molecular weight excluding hydrogens is 285 g/mol. The first-order chi connectivity index (χ1) is 8.79. The topological polar surface area (TPSA) is 41.9 Å². The van der Waals surface area contributed by atoms with Crippen LogP contribution in [0.5, 0.6) is 0 Å². The predicted octanol–water partition coefficient (Wildman–Crippen LogP) is 3.14. The lowest BCUT2D eigenvalue weighted by molar-refractivity contribution is -0.137. The van der Waals surface area contributed by atoms with Crippen molar-refractivity contribution in [3.63, 3.8) is 0 Å². The van der Waals surface area contributed by atoms with Crippen molar-refractivity contribution in [3.8, 4) is 0 Å². The Morgan fingerprint density at radius 2 is 2.11 bits per heavy atom. The maximum Gasteiger partial charge on any atom is 0.417 e. The second-order valence-electron chi connectivity index (χ2n) is 3.86. The molecule has 0 N–H and O–H groups in total. The van der Waals surface area contributed by atoms with Crippen molar-refractivity contribution in [1.29, 1.82) is 0 Å². The van der Waals surface area contributed by atoms with Crippen LogP contribution in [-0.2, 0) is 10.9 Å². The summed E-state index contributed by atoms with van der Waals surface area (Å²) in [6, 6.07) is 3.21. The van der Waals surface area contributed by atoms with Crippen molar-refractivity contribution in [2.24, 2.45) is 4.99 Å². The van der Waals surface area contributed by atoms with Crippen LogP contribution in [0.4, 0.5) is 18.0 Å². The number of carbonyl (C=O) groups excluding carboxylic acids is 1.